The topological polar surface area (TPSA) is 55.2 Å². The molecule has 5 heteroatoms. The lowest BCUT2D eigenvalue weighted by atomic mass is 10.2. The first kappa shape index (κ1) is 11.0. The van der Waals surface area contributed by atoms with Gasteiger partial charge in [0.2, 0.25) is 0 Å². The van der Waals surface area contributed by atoms with E-state index in [4.69, 9.17) is 4.74 Å². The second kappa shape index (κ2) is 4.09. The van der Waals surface area contributed by atoms with Crippen LogP contribution in [-0.4, -0.2) is 26.7 Å². The number of rotatable bonds is 2. The van der Waals surface area contributed by atoms with Gasteiger partial charge in [0.25, 0.3) is 5.78 Å². The van der Waals surface area contributed by atoms with Gasteiger partial charge >= 0.3 is 0 Å². The minimum Gasteiger partial charge on any atom is -0.497 e. The lowest BCUT2D eigenvalue weighted by molar-refractivity contribution is 0.415. The number of hydrogen-bond donors (Lipinski definition) is 1. The lowest BCUT2D eigenvalue weighted by Crippen LogP contribution is -1.86. The molecule has 2 heterocycles. The number of H-pyrrole nitrogens is 1. The molecule has 1 N–H and O–H groups in total. The fraction of sp³-hybridized carbons (Fsp3) is 0.0667. The van der Waals surface area contributed by atoms with Crippen molar-refractivity contribution in [2.45, 2.75) is 0 Å². The molecule has 0 spiro atoms. The molecule has 4 rings (SSSR count). The number of aromatic amines is 1. The van der Waals surface area contributed by atoms with Crippen LogP contribution in [0, 0.1) is 0 Å². The van der Waals surface area contributed by atoms with E-state index in [-0.39, 0.29) is 0 Å². The molecular weight excluding hydrogens is 252 g/mol. The van der Waals surface area contributed by atoms with Crippen molar-refractivity contribution in [1.82, 2.24) is 19.6 Å². The Kier molecular flexibility index (Phi) is 2.26. The molecule has 0 amide bonds. The van der Waals surface area contributed by atoms with Crippen LogP contribution in [0.15, 0.2) is 48.5 Å². The van der Waals surface area contributed by atoms with Gasteiger partial charge in [-0.1, -0.05) is 12.1 Å². The third-order valence-electron chi connectivity index (χ3n) is 3.34. The van der Waals surface area contributed by atoms with E-state index in [1.807, 2.05) is 53.0 Å². The number of nitrogens with one attached hydrogen (secondary N) is 1. The minimum atomic E-state index is 0.678. The molecule has 0 radical (unpaired) electrons. The summed E-state index contributed by atoms with van der Waals surface area (Å²) in [4.78, 5) is 9.02. The van der Waals surface area contributed by atoms with Crippen LogP contribution in [0.2, 0.25) is 0 Å². The molecule has 4 aromatic rings. The molecule has 0 aliphatic carbocycles. The number of nitrogens with zero attached hydrogens (tertiary/aromatic N) is 3. The van der Waals surface area contributed by atoms with Crippen LogP contribution in [0.3, 0.4) is 0 Å². The van der Waals surface area contributed by atoms with Crippen LogP contribution in [-0.2, 0) is 0 Å². The molecule has 2 aromatic carbocycles. The van der Waals surface area contributed by atoms with Crippen LogP contribution >= 0.6 is 0 Å². The van der Waals surface area contributed by atoms with Crippen molar-refractivity contribution in [1.29, 1.82) is 0 Å². The number of para-hydroxylation sites is 2. The molecule has 0 atom stereocenters. The van der Waals surface area contributed by atoms with Gasteiger partial charge in [0, 0.05) is 5.56 Å². The second-order valence-electron chi connectivity index (χ2n) is 4.54. The highest BCUT2D eigenvalue weighted by Gasteiger charge is 2.10. The Hall–Kier alpha value is -2.82. The number of imidazole rings is 1. The van der Waals surface area contributed by atoms with Gasteiger partial charge in [0.05, 0.1) is 18.1 Å². The summed E-state index contributed by atoms with van der Waals surface area (Å²) < 4.78 is 7.06. The molecule has 20 heavy (non-hydrogen) atoms. The van der Waals surface area contributed by atoms with Crippen molar-refractivity contribution < 1.29 is 4.74 Å². The number of aromatic nitrogens is 4. The van der Waals surface area contributed by atoms with E-state index in [0.717, 1.165) is 28.2 Å². The van der Waals surface area contributed by atoms with E-state index in [1.165, 1.54) is 0 Å². The Morgan fingerprint density at radius 1 is 1.00 bits per heavy atom. The first-order valence-electron chi connectivity index (χ1n) is 6.33. The Morgan fingerprint density at radius 3 is 2.60 bits per heavy atom. The number of methoxy groups -OCH3 is 1. The highest BCUT2D eigenvalue weighted by molar-refractivity contribution is 5.79. The summed E-state index contributed by atoms with van der Waals surface area (Å²) >= 11 is 0. The third kappa shape index (κ3) is 1.56. The zero-order valence-electron chi connectivity index (χ0n) is 10.9. The molecule has 0 aliphatic rings. The van der Waals surface area contributed by atoms with Crippen molar-refractivity contribution in [2.24, 2.45) is 0 Å². The highest BCUT2D eigenvalue weighted by atomic mass is 16.5. The molecule has 0 saturated heterocycles. The Bertz CT molecular complexity index is 889. The van der Waals surface area contributed by atoms with Crippen LogP contribution in [0.5, 0.6) is 5.75 Å². The van der Waals surface area contributed by atoms with Gasteiger partial charge in [-0.3, -0.25) is 5.10 Å². The molecule has 2 aromatic heterocycles. The fourth-order valence-electron chi connectivity index (χ4n) is 2.31. The van der Waals surface area contributed by atoms with E-state index >= 15 is 0 Å². The van der Waals surface area contributed by atoms with Crippen molar-refractivity contribution >= 4 is 16.8 Å². The Morgan fingerprint density at radius 2 is 1.80 bits per heavy atom. The Balaban J connectivity index is 1.87. The fourth-order valence-corrected chi connectivity index (χ4v) is 2.31. The second-order valence-corrected chi connectivity index (χ2v) is 4.54. The number of fused-ring (bicyclic) bond motifs is 3. The molecule has 5 nitrogen and oxygen atoms in total. The summed E-state index contributed by atoms with van der Waals surface area (Å²) in [6, 6.07) is 15.7. The smallest absolute Gasteiger partial charge is 0.252 e. The van der Waals surface area contributed by atoms with Gasteiger partial charge in [-0.05, 0) is 36.4 Å². The highest BCUT2D eigenvalue weighted by Crippen LogP contribution is 2.22. The molecule has 0 unspecified atom stereocenters. The maximum Gasteiger partial charge on any atom is 0.252 e. The van der Waals surface area contributed by atoms with Gasteiger partial charge in [0.15, 0.2) is 5.82 Å². The SMILES string of the molecule is COc1ccc(-c2nc3nc4ccccc4n3[nH]2)cc1. The van der Waals surface area contributed by atoms with Crippen molar-refractivity contribution in [3.8, 4) is 17.1 Å². The van der Waals surface area contributed by atoms with Crippen LogP contribution < -0.4 is 4.74 Å². The summed E-state index contributed by atoms with van der Waals surface area (Å²) in [5.74, 6) is 2.30. The van der Waals surface area contributed by atoms with Gasteiger partial charge < -0.3 is 4.74 Å². The summed E-state index contributed by atoms with van der Waals surface area (Å²) in [7, 11) is 1.65. The van der Waals surface area contributed by atoms with Gasteiger partial charge in [0.1, 0.15) is 5.75 Å². The van der Waals surface area contributed by atoms with Crippen molar-refractivity contribution in [2.75, 3.05) is 7.11 Å². The predicted octanol–water partition coefficient (Wildman–Crippen LogP) is 2.89. The first-order chi connectivity index (χ1) is 9.85. The minimum absolute atomic E-state index is 0.678. The monoisotopic (exact) mass is 264 g/mol. The van der Waals surface area contributed by atoms with E-state index in [1.54, 1.807) is 7.11 Å². The van der Waals surface area contributed by atoms with Crippen LogP contribution in [0.25, 0.3) is 28.2 Å². The molecule has 0 fully saturated rings. The third-order valence-corrected chi connectivity index (χ3v) is 3.34. The van der Waals surface area contributed by atoms with E-state index < -0.39 is 0 Å². The Labute approximate surface area is 114 Å². The molecule has 0 bridgehead atoms. The standard InChI is InChI=1S/C15H12N4O/c1-20-11-8-6-10(7-9-11)14-17-15-16-12-4-2-3-5-13(12)19(15)18-14/h2-9H,1H3,(H,16,17,18). The van der Waals surface area contributed by atoms with E-state index in [0.29, 0.717) is 5.78 Å². The predicted molar refractivity (Wildman–Crippen MR) is 76.8 cm³/mol. The lowest BCUT2D eigenvalue weighted by Gasteiger charge is -2.00. The maximum atomic E-state index is 5.16. The molecule has 0 saturated carbocycles. The average molecular weight is 264 g/mol. The number of benzene rings is 2. The summed E-state index contributed by atoms with van der Waals surface area (Å²) in [6.07, 6.45) is 0. The zero-order valence-corrected chi connectivity index (χ0v) is 10.9. The largest absolute Gasteiger partial charge is 0.497 e. The summed E-state index contributed by atoms with van der Waals surface area (Å²) in [6.45, 7) is 0. The molecular formula is C15H12N4O. The normalized spacial score (nSPS) is 11.2. The molecule has 98 valence electrons. The van der Waals surface area contributed by atoms with Gasteiger partial charge in [-0.2, -0.15) is 4.98 Å². The van der Waals surface area contributed by atoms with Crippen LogP contribution in [0.4, 0.5) is 0 Å². The summed E-state index contributed by atoms with van der Waals surface area (Å²) in [5, 5.41) is 3.27. The van der Waals surface area contributed by atoms with E-state index in [9.17, 15) is 0 Å². The first-order valence-corrected chi connectivity index (χ1v) is 6.33. The van der Waals surface area contributed by atoms with Crippen molar-refractivity contribution in [3.63, 3.8) is 0 Å². The molecule has 0 aliphatic heterocycles. The van der Waals surface area contributed by atoms with Gasteiger partial charge in [-0.25, -0.2) is 9.50 Å². The maximum absolute atomic E-state index is 5.16. The summed E-state index contributed by atoms with van der Waals surface area (Å²) in [5.41, 5.74) is 2.96. The zero-order chi connectivity index (χ0) is 13.5. The number of hydrogen-bond acceptors (Lipinski definition) is 3. The quantitative estimate of drug-likeness (QED) is 0.605. The van der Waals surface area contributed by atoms with Crippen molar-refractivity contribution in [3.05, 3.63) is 48.5 Å². The average Bonchev–Trinajstić information content (AvgIpc) is 3.05. The van der Waals surface area contributed by atoms with Crippen LogP contribution in [0.1, 0.15) is 0 Å². The van der Waals surface area contributed by atoms with Gasteiger partial charge in [-0.15, -0.1) is 0 Å². The number of ether oxygens (including phenoxy) is 1. The van der Waals surface area contributed by atoms with E-state index in [2.05, 4.69) is 15.1 Å².